The van der Waals surface area contributed by atoms with Crippen LogP contribution in [0.2, 0.25) is 0 Å². The molecule has 2 atom stereocenters. The van der Waals surface area contributed by atoms with Gasteiger partial charge in [-0.3, -0.25) is 10.2 Å². The zero-order valence-corrected chi connectivity index (χ0v) is 13.4. The number of methoxy groups -OCH3 is 1. The second-order valence-corrected chi connectivity index (χ2v) is 6.37. The quantitative estimate of drug-likeness (QED) is 0.509. The topological polar surface area (TPSA) is 67.6 Å². The molecule has 0 unspecified atom stereocenters. The lowest BCUT2D eigenvalue weighted by atomic mass is 9.79. The summed E-state index contributed by atoms with van der Waals surface area (Å²) in [6.07, 6.45) is 0.968. The minimum atomic E-state index is -0.368. The molecule has 1 aromatic rings. The maximum atomic E-state index is 12.1. The number of amides is 1. The third kappa shape index (κ3) is 2.58. The van der Waals surface area contributed by atoms with Crippen LogP contribution < -0.4 is 20.9 Å². The van der Waals surface area contributed by atoms with E-state index in [0.29, 0.717) is 5.92 Å². The first-order valence-electron chi connectivity index (χ1n) is 7.30. The molecule has 1 aliphatic rings. The molecule has 3 N–H and O–H groups in total. The Morgan fingerprint density at radius 3 is 2.76 bits per heavy atom. The minimum Gasteiger partial charge on any atom is -0.495 e. The number of fused-ring (bicyclic) bond motifs is 1. The highest BCUT2D eigenvalue weighted by atomic mass is 16.5. The van der Waals surface area contributed by atoms with Gasteiger partial charge >= 0.3 is 0 Å². The lowest BCUT2D eigenvalue weighted by molar-refractivity contribution is -0.122. The summed E-state index contributed by atoms with van der Waals surface area (Å²) < 4.78 is 5.54. The number of carbonyl (C=O) groups excluding carboxylic acids is 1. The number of nitrogens with zero attached hydrogens (tertiary/aromatic N) is 1. The minimum absolute atomic E-state index is 0.160. The Morgan fingerprint density at radius 1 is 1.52 bits per heavy atom. The summed E-state index contributed by atoms with van der Waals surface area (Å²) in [6.45, 7) is 8.39. The molecule has 0 fully saturated rings. The van der Waals surface area contributed by atoms with Crippen molar-refractivity contribution in [3.8, 4) is 5.75 Å². The van der Waals surface area contributed by atoms with Gasteiger partial charge in [-0.15, -0.1) is 0 Å². The van der Waals surface area contributed by atoms with Crippen LogP contribution in [0.15, 0.2) is 18.2 Å². The maximum absolute atomic E-state index is 12.1. The Kier molecular flexibility index (Phi) is 4.14. The van der Waals surface area contributed by atoms with Crippen LogP contribution in [0.5, 0.6) is 5.75 Å². The van der Waals surface area contributed by atoms with Crippen molar-refractivity contribution in [3.05, 3.63) is 23.8 Å². The first-order chi connectivity index (χ1) is 9.83. The highest BCUT2D eigenvalue weighted by molar-refractivity contribution is 5.86. The van der Waals surface area contributed by atoms with E-state index in [1.54, 1.807) is 7.11 Å². The monoisotopic (exact) mass is 291 g/mol. The summed E-state index contributed by atoms with van der Waals surface area (Å²) in [4.78, 5) is 14.2. The molecule has 5 nitrogen and oxygen atoms in total. The Morgan fingerprint density at radius 2 is 2.19 bits per heavy atom. The number of nitrogens with one attached hydrogen (secondary N) is 1. The van der Waals surface area contributed by atoms with Crippen molar-refractivity contribution in [1.29, 1.82) is 0 Å². The van der Waals surface area contributed by atoms with Crippen LogP contribution >= 0.6 is 0 Å². The zero-order valence-electron chi connectivity index (χ0n) is 13.4. The fraction of sp³-hybridized carbons (Fsp3) is 0.562. The Balaban J connectivity index is 2.63. The fourth-order valence-corrected chi connectivity index (χ4v) is 3.58. The fourth-order valence-electron chi connectivity index (χ4n) is 3.58. The van der Waals surface area contributed by atoms with E-state index in [1.807, 2.05) is 19.1 Å². The van der Waals surface area contributed by atoms with Crippen molar-refractivity contribution in [2.24, 2.45) is 5.84 Å². The molecule has 0 aliphatic carbocycles. The van der Waals surface area contributed by atoms with Crippen LogP contribution in [-0.4, -0.2) is 24.6 Å². The van der Waals surface area contributed by atoms with E-state index in [1.165, 1.54) is 5.56 Å². The number of hydrogen-bond donors (Lipinski definition) is 2. The molecule has 21 heavy (non-hydrogen) atoms. The number of nitrogens with two attached hydrogens (primary N) is 1. The Hall–Kier alpha value is -1.75. The molecule has 0 aromatic heterocycles. The van der Waals surface area contributed by atoms with Crippen molar-refractivity contribution < 1.29 is 9.53 Å². The maximum Gasteiger partial charge on any atom is 0.256 e. The van der Waals surface area contributed by atoms with E-state index >= 15 is 0 Å². The molecule has 1 aromatic carbocycles. The number of carbonyl (C=O) groups is 1. The smallest absolute Gasteiger partial charge is 0.256 e. The van der Waals surface area contributed by atoms with E-state index in [9.17, 15) is 4.79 Å². The number of anilines is 1. The van der Waals surface area contributed by atoms with Gasteiger partial charge in [-0.2, -0.15) is 0 Å². The van der Waals surface area contributed by atoms with Crippen molar-refractivity contribution in [2.75, 3.05) is 12.0 Å². The van der Waals surface area contributed by atoms with Gasteiger partial charge in [0.25, 0.3) is 5.91 Å². The number of hydrogen-bond acceptors (Lipinski definition) is 4. The van der Waals surface area contributed by atoms with Crippen molar-refractivity contribution in [3.63, 3.8) is 0 Å². The number of para-hydroxylation sites is 1. The van der Waals surface area contributed by atoms with Crippen LogP contribution in [0.3, 0.4) is 0 Å². The average molecular weight is 291 g/mol. The van der Waals surface area contributed by atoms with Gasteiger partial charge in [-0.25, -0.2) is 5.84 Å². The Labute approximate surface area is 126 Å². The van der Waals surface area contributed by atoms with Crippen LogP contribution in [-0.2, 0) is 4.79 Å². The van der Waals surface area contributed by atoms with Gasteiger partial charge in [-0.05, 0) is 44.7 Å². The second kappa shape index (κ2) is 5.56. The van der Waals surface area contributed by atoms with E-state index in [-0.39, 0.29) is 17.5 Å². The molecule has 0 radical (unpaired) electrons. The standard InChI is InChI=1S/C16H25N3O2/c1-10-9-16(3,4)19(11(2)15(20)18-17)14-12(10)7-6-8-13(14)21-5/h6-8,10-11H,9,17H2,1-5H3,(H,18,20)/t10-,11-/m1/s1. The van der Waals surface area contributed by atoms with E-state index in [0.717, 1.165) is 17.9 Å². The van der Waals surface area contributed by atoms with Gasteiger partial charge < -0.3 is 9.64 Å². The highest BCUT2D eigenvalue weighted by Crippen LogP contribution is 2.48. The van der Waals surface area contributed by atoms with Crippen LogP contribution in [0.1, 0.15) is 45.6 Å². The predicted molar refractivity (Wildman–Crippen MR) is 84.4 cm³/mol. The summed E-state index contributed by atoms with van der Waals surface area (Å²) in [7, 11) is 1.66. The molecule has 1 amide bonds. The van der Waals surface area contributed by atoms with Crippen LogP contribution in [0, 0.1) is 0 Å². The van der Waals surface area contributed by atoms with Gasteiger partial charge in [0.15, 0.2) is 0 Å². The number of ether oxygens (including phenoxy) is 1. The number of benzene rings is 1. The van der Waals surface area contributed by atoms with Crippen molar-refractivity contribution in [2.45, 2.75) is 51.6 Å². The zero-order chi connectivity index (χ0) is 15.8. The lowest BCUT2D eigenvalue weighted by Gasteiger charge is -2.50. The molecule has 1 heterocycles. The summed E-state index contributed by atoms with van der Waals surface area (Å²) >= 11 is 0. The molecule has 2 rings (SSSR count). The SMILES string of the molecule is COc1cccc2c1N([C@H](C)C(=O)NN)C(C)(C)C[C@H]2C. The summed E-state index contributed by atoms with van der Waals surface area (Å²) in [6, 6.07) is 5.68. The van der Waals surface area contributed by atoms with Gasteiger partial charge in [0.05, 0.1) is 12.8 Å². The third-order valence-corrected chi connectivity index (χ3v) is 4.39. The van der Waals surface area contributed by atoms with Gasteiger partial charge in [0.2, 0.25) is 0 Å². The van der Waals surface area contributed by atoms with E-state index < -0.39 is 0 Å². The lowest BCUT2D eigenvalue weighted by Crippen LogP contribution is -2.58. The molecule has 5 heteroatoms. The molecule has 0 saturated heterocycles. The van der Waals surface area contributed by atoms with E-state index in [4.69, 9.17) is 10.6 Å². The molecule has 0 spiro atoms. The molecular weight excluding hydrogens is 266 g/mol. The predicted octanol–water partition coefficient (Wildman–Crippen LogP) is 2.17. The summed E-state index contributed by atoms with van der Waals surface area (Å²) in [5.41, 5.74) is 4.31. The average Bonchev–Trinajstić information content (AvgIpc) is 2.44. The molecule has 0 bridgehead atoms. The van der Waals surface area contributed by atoms with Crippen LogP contribution in [0.25, 0.3) is 0 Å². The molecule has 1 aliphatic heterocycles. The number of hydrazine groups is 1. The normalized spacial score (nSPS) is 21.4. The van der Waals surface area contributed by atoms with Crippen LogP contribution in [0.4, 0.5) is 5.69 Å². The van der Waals surface area contributed by atoms with Gasteiger partial charge in [0, 0.05) is 5.54 Å². The largest absolute Gasteiger partial charge is 0.495 e. The molecule has 0 saturated carbocycles. The molecular formula is C16H25N3O2. The third-order valence-electron chi connectivity index (χ3n) is 4.39. The molecule has 116 valence electrons. The van der Waals surface area contributed by atoms with Gasteiger partial charge in [0.1, 0.15) is 11.8 Å². The summed E-state index contributed by atoms with van der Waals surface area (Å²) in [5, 5.41) is 0. The Bertz CT molecular complexity index is 542. The van der Waals surface area contributed by atoms with E-state index in [2.05, 4.69) is 37.2 Å². The first-order valence-corrected chi connectivity index (χ1v) is 7.30. The van der Waals surface area contributed by atoms with Crippen molar-refractivity contribution in [1.82, 2.24) is 5.43 Å². The second-order valence-electron chi connectivity index (χ2n) is 6.37. The summed E-state index contributed by atoms with van der Waals surface area (Å²) in [5.74, 6) is 6.34. The highest BCUT2D eigenvalue weighted by Gasteiger charge is 2.42. The number of rotatable bonds is 3. The van der Waals surface area contributed by atoms with Crippen molar-refractivity contribution >= 4 is 11.6 Å². The first kappa shape index (κ1) is 15.6. The van der Waals surface area contributed by atoms with Gasteiger partial charge in [-0.1, -0.05) is 19.1 Å².